The van der Waals surface area contributed by atoms with Gasteiger partial charge in [-0.3, -0.25) is 4.72 Å². The Hall–Kier alpha value is -1.27. The third-order valence-corrected chi connectivity index (χ3v) is 4.70. The highest BCUT2D eigenvalue weighted by molar-refractivity contribution is 7.92. The summed E-state index contributed by atoms with van der Waals surface area (Å²) in [6, 6.07) is 7.25. The van der Waals surface area contributed by atoms with Gasteiger partial charge in [0.2, 0.25) is 10.0 Å². The first-order valence-corrected chi connectivity index (χ1v) is 8.63. The second kappa shape index (κ2) is 6.45. The fourth-order valence-corrected chi connectivity index (χ4v) is 2.81. The molecule has 2 atom stereocenters. The van der Waals surface area contributed by atoms with Gasteiger partial charge >= 0.3 is 0 Å². The summed E-state index contributed by atoms with van der Waals surface area (Å²) in [6.45, 7) is 4.49. The SMILES string of the molecule is CCS(=O)(=O)Nc1ccc(NCC2CCC(C)O2)cc1. The molecule has 5 nitrogen and oxygen atoms in total. The van der Waals surface area contributed by atoms with Crippen molar-refractivity contribution in [2.45, 2.75) is 38.9 Å². The molecule has 2 unspecified atom stereocenters. The van der Waals surface area contributed by atoms with Crippen molar-refractivity contribution in [3.8, 4) is 0 Å². The number of rotatable bonds is 6. The highest BCUT2D eigenvalue weighted by Crippen LogP contribution is 2.20. The van der Waals surface area contributed by atoms with E-state index in [9.17, 15) is 8.42 Å². The van der Waals surface area contributed by atoms with Crippen molar-refractivity contribution in [3.63, 3.8) is 0 Å². The van der Waals surface area contributed by atoms with Crippen molar-refractivity contribution >= 4 is 21.4 Å². The molecular formula is C14H22N2O3S. The zero-order valence-electron chi connectivity index (χ0n) is 11.9. The standard InChI is InChI=1S/C14H22N2O3S/c1-3-20(17,18)16-13-7-5-12(6-8-13)15-10-14-9-4-11(2)19-14/h5-8,11,14-16H,3-4,9-10H2,1-2H3. The average molecular weight is 298 g/mol. The van der Waals surface area contributed by atoms with E-state index in [1.165, 1.54) is 0 Å². The summed E-state index contributed by atoms with van der Waals surface area (Å²) in [5.41, 5.74) is 1.55. The first kappa shape index (κ1) is 15.1. The molecule has 0 radical (unpaired) electrons. The van der Waals surface area contributed by atoms with E-state index in [1.54, 1.807) is 19.1 Å². The number of hydrogen-bond donors (Lipinski definition) is 2. The molecule has 0 bridgehead atoms. The Morgan fingerprint density at radius 3 is 2.40 bits per heavy atom. The molecule has 0 saturated carbocycles. The maximum atomic E-state index is 11.4. The lowest BCUT2D eigenvalue weighted by Crippen LogP contribution is -2.19. The first-order chi connectivity index (χ1) is 9.48. The molecule has 2 N–H and O–H groups in total. The van der Waals surface area contributed by atoms with Gasteiger partial charge in [-0.25, -0.2) is 8.42 Å². The lowest BCUT2D eigenvalue weighted by atomic mass is 10.2. The van der Waals surface area contributed by atoms with Gasteiger partial charge in [-0.1, -0.05) is 0 Å². The van der Waals surface area contributed by atoms with Crippen molar-refractivity contribution in [1.82, 2.24) is 0 Å². The molecule has 0 amide bonds. The van der Waals surface area contributed by atoms with E-state index < -0.39 is 10.0 Å². The monoisotopic (exact) mass is 298 g/mol. The van der Waals surface area contributed by atoms with Gasteiger partial charge in [-0.15, -0.1) is 0 Å². The predicted molar refractivity (Wildman–Crippen MR) is 81.6 cm³/mol. The third-order valence-electron chi connectivity index (χ3n) is 3.39. The average Bonchev–Trinajstić information content (AvgIpc) is 2.83. The molecule has 1 aliphatic rings. The van der Waals surface area contributed by atoms with E-state index in [0.29, 0.717) is 11.8 Å². The van der Waals surface area contributed by atoms with Crippen LogP contribution in [0.1, 0.15) is 26.7 Å². The molecule has 20 heavy (non-hydrogen) atoms. The quantitative estimate of drug-likeness (QED) is 0.846. The number of ether oxygens (including phenoxy) is 1. The molecule has 6 heteroatoms. The minimum atomic E-state index is -3.21. The van der Waals surface area contributed by atoms with Gasteiger partial charge in [0.05, 0.1) is 18.0 Å². The molecule has 1 heterocycles. The number of hydrogen-bond acceptors (Lipinski definition) is 4. The molecule has 1 fully saturated rings. The van der Waals surface area contributed by atoms with E-state index in [1.807, 2.05) is 12.1 Å². The molecule has 0 aliphatic carbocycles. The van der Waals surface area contributed by atoms with E-state index in [4.69, 9.17) is 4.74 Å². The summed E-state index contributed by atoms with van der Waals surface area (Å²) in [4.78, 5) is 0. The summed E-state index contributed by atoms with van der Waals surface area (Å²) in [5, 5.41) is 3.31. The maximum Gasteiger partial charge on any atom is 0.232 e. The van der Waals surface area contributed by atoms with E-state index >= 15 is 0 Å². The van der Waals surface area contributed by atoms with E-state index in [-0.39, 0.29) is 11.9 Å². The molecule has 1 saturated heterocycles. The van der Waals surface area contributed by atoms with E-state index in [2.05, 4.69) is 17.0 Å². The van der Waals surface area contributed by atoms with Crippen molar-refractivity contribution < 1.29 is 13.2 Å². The summed E-state index contributed by atoms with van der Waals surface area (Å²) in [5.74, 6) is 0.0736. The van der Waals surface area contributed by atoms with Crippen molar-refractivity contribution in [3.05, 3.63) is 24.3 Å². The van der Waals surface area contributed by atoms with Crippen LogP contribution in [0.25, 0.3) is 0 Å². The lowest BCUT2D eigenvalue weighted by molar-refractivity contribution is 0.0637. The van der Waals surface area contributed by atoms with Crippen LogP contribution in [0.5, 0.6) is 0 Å². The fraction of sp³-hybridized carbons (Fsp3) is 0.571. The molecule has 0 spiro atoms. The van der Waals surface area contributed by atoms with Crippen LogP contribution in [0.4, 0.5) is 11.4 Å². The van der Waals surface area contributed by atoms with Crippen LogP contribution in [-0.4, -0.2) is 32.9 Å². The zero-order chi connectivity index (χ0) is 14.6. The van der Waals surface area contributed by atoms with Crippen LogP contribution >= 0.6 is 0 Å². The number of nitrogens with one attached hydrogen (secondary N) is 2. The summed E-state index contributed by atoms with van der Waals surface area (Å²) >= 11 is 0. The fourth-order valence-electron chi connectivity index (χ4n) is 2.17. The Morgan fingerprint density at radius 2 is 1.85 bits per heavy atom. The predicted octanol–water partition coefficient (Wildman–Crippen LogP) is 2.43. The molecule has 112 valence electrons. The van der Waals surface area contributed by atoms with Gasteiger partial charge in [0.1, 0.15) is 0 Å². The normalized spacial score (nSPS) is 22.7. The Balaban J connectivity index is 1.85. The maximum absolute atomic E-state index is 11.4. The van der Waals surface area contributed by atoms with Gasteiger partial charge in [-0.2, -0.15) is 0 Å². The smallest absolute Gasteiger partial charge is 0.232 e. The molecule has 2 rings (SSSR count). The van der Waals surface area contributed by atoms with Gasteiger partial charge in [0, 0.05) is 17.9 Å². The molecule has 1 aliphatic heterocycles. The van der Waals surface area contributed by atoms with Crippen LogP contribution in [0.2, 0.25) is 0 Å². The number of sulfonamides is 1. The number of benzene rings is 1. The summed E-state index contributed by atoms with van der Waals surface area (Å²) in [6.07, 6.45) is 2.82. The Kier molecular flexibility index (Phi) is 4.88. The van der Waals surface area contributed by atoms with Crippen LogP contribution in [-0.2, 0) is 14.8 Å². The van der Waals surface area contributed by atoms with Gasteiger partial charge < -0.3 is 10.1 Å². The third kappa shape index (κ3) is 4.38. The summed E-state index contributed by atoms with van der Waals surface area (Å²) < 4.78 is 31.1. The topological polar surface area (TPSA) is 67.4 Å². The lowest BCUT2D eigenvalue weighted by Gasteiger charge is -2.13. The van der Waals surface area contributed by atoms with Crippen molar-refractivity contribution in [2.75, 3.05) is 22.3 Å². The van der Waals surface area contributed by atoms with Crippen molar-refractivity contribution in [1.29, 1.82) is 0 Å². The summed E-state index contributed by atoms with van der Waals surface area (Å²) in [7, 11) is -3.21. The molecular weight excluding hydrogens is 276 g/mol. The highest BCUT2D eigenvalue weighted by Gasteiger charge is 2.21. The van der Waals surface area contributed by atoms with Crippen LogP contribution in [0.3, 0.4) is 0 Å². The zero-order valence-corrected chi connectivity index (χ0v) is 12.7. The van der Waals surface area contributed by atoms with Crippen molar-refractivity contribution in [2.24, 2.45) is 0 Å². The molecule has 1 aromatic rings. The van der Waals surface area contributed by atoms with E-state index in [0.717, 1.165) is 25.1 Å². The van der Waals surface area contributed by atoms with Gasteiger partial charge in [0.25, 0.3) is 0 Å². The Bertz CT molecular complexity index is 528. The Labute approximate surface area is 120 Å². The van der Waals surface area contributed by atoms with Crippen LogP contribution in [0, 0.1) is 0 Å². The largest absolute Gasteiger partial charge is 0.382 e. The second-order valence-electron chi connectivity index (χ2n) is 5.11. The second-order valence-corrected chi connectivity index (χ2v) is 7.12. The van der Waals surface area contributed by atoms with Gasteiger partial charge in [0.15, 0.2) is 0 Å². The molecule has 0 aromatic heterocycles. The van der Waals surface area contributed by atoms with Gasteiger partial charge in [-0.05, 0) is 51.0 Å². The minimum Gasteiger partial charge on any atom is -0.382 e. The van der Waals surface area contributed by atoms with Crippen LogP contribution in [0.15, 0.2) is 24.3 Å². The number of anilines is 2. The highest BCUT2D eigenvalue weighted by atomic mass is 32.2. The minimum absolute atomic E-state index is 0.0736. The Morgan fingerprint density at radius 1 is 1.20 bits per heavy atom. The van der Waals surface area contributed by atoms with Crippen LogP contribution < -0.4 is 10.0 Å². The molecule has 1 aromatic carbocycles. The first-order valence-electron chi connectivity index (χ1n) is 6.98.